The molecule has 2 aromatic carbocycles. The molecule has 0 radical (unpaired) electrons. The Kier molecular flexibility index (Phi) is 7.23. The molecule has 0 aliphatic heterocycles. The zero-order valence-corrected chi connectivity index (χ0v) is 17.8. The van der Waals surface area contributed by atoms with E-state index in [1.807, 2.05) is 43.5 Å². The molecular formula is C22H23ClN2O3S. The predicted molar refractivity (Wildman–Crippen MR) is 118 cm³/mol. The molecule has 0 saturated heterocycles. The Bertz CT molecular complexity index is 971. The Morgan fingerprint density at radius 1 is 1.10 bits per heavy atom. The molecule has 7 heteroatoms. The molecule has 0 saturated carbocycles. The lowest BCUT2D eigenvalue weighted by atomic mass is 10.1. The van der Waals surface area contributed by atoms with Gasteiger partial charge in [0.05, 0.1) is 16.6 Å². The first-order chi connectivity index (χ1) is 14.0. The summed E-state index contributed by atoms with van der Waals surface area (Å²) in [6, 6.07) is 15.4. The van der Waals surface area contributed by atoms with Crippen molar-refractivity contribution in [3.8, 4) is 0 Å². The average Bonchev–Trinajstić information content (AvgIpc) is 3.15. The van der Waals surface area contributed by atoms with Crippen molar-refractivity contribution >= 4 is 46.1 Å². The van der Waals surface area contributed by atoms with Crippen LogP contribution in [-0.2, 0) is 4.79 Å². The second kappa shape index (κ2) is 9.85. The fourth-order valence-electron chi connectivity index (χ4n) is 2.99. The molecule has 152 valence electrons. The summed E-state index contributed by atoms with van der Waals surface area (Å²) in [5.41, 5.74) is 1.12. The van der Waals surface area contributed by atoms with Crippen LogP contribution in [0.25, 0.3) is 11.0 Å². The van der Waals surface area contributed by atoms with Crippen molar-refractivity contribution < 1.29 is 14.0 Å². The number of hydrogen-bond donors (Lipinski definition) is 2. The van der Waals surface area contributed by atoms with E-state index in [1.165, 1.54) is 0 Å². The van der Waals surface area contributed by atoms with Gasteiger partial charge in [0, 0.05) is 5.39 Å². The van der Waals surface area contributed by atoms with Crippen LogP contribution in [0.4, 0.5) is 0 Å². The summed E-state index contributed by atoms with van der Waals surface area (Å²) in [4.78, 5) is 25.5. The molecule has 0 aliphatic rings. The molecule has 0 fully saturated rings. The standard InChI is InChI=1S/C22H23ClN2O3S/c1-14(20-13-15-7-3-6-10-19(15)28-20)24-22(27)18(11-12-29-2)25-21(26)16-8-4-5-9-17(16)23/h3-10,13-14,18H,11-12H2,1-2H3,(H,24,27)(H,25,26). The van der Waals surface area contributed by atoms with Gasteiger partial charge in [-0.05, 0) is 49.6 Å². The van der Waals surface area contributed by atoms with E-state index >= 15 is 0 Å². The third-order valence-electron chi connectivity index (χ3n) is 4.58. The van der Waals surface area contributed by atoms with Crippen molar-refractivity contribution in [1.29, 1.82) is 0 Å². The molecule has 5 nitrogen and oxygen atoms in total. The van der Waals surface area contributed by atoms with Crippen LogP contribution in [0.3, 0.4) is 0 Å². The van der Waals surface area contributed by atoms with Crippen LogP contribution < -0.4 is 10.6 Å². The van der Waals surface area contributed by atoms with E-state index in [0.717, 1.165) is 16.7 Å². The maximum absolute atomic E-state index is 12.9. The lowest BCUT2D eigenvalue weighted by molar-refractivity contribution is -0.123. The number of rotatable bonds is 8. The summed E-state index contributed by atoms with van der Waals surface area (Å²) >= 11 is 7.73. The SMILES string of the molecule is CSCCC(NC(=O)c1ccccc1Cl)C(=O)NC(C)c1cc2ccccc2o1. The van der Waals surface area contributed by atoms with Gasteiger partial charge in [-0.2, -0.15) is 11.8 Å². The number of carbonyl (C=O) groups is 2. The van der Waals surface area contributed by atoms with E-state index in [0.29, 0.717) is 22.8 Å². The Balaban J connectivity index is 1.71. The molecule has 1 aromatic heterocycles. The Labute approximate surface area is 179 Å². The number of furan rings is 1. The predicted octanol–water partition coefficient (Wildman–Crippen LogP) is 4.82. The smallest absolute Gasteiger partial charge is 0.253 e. The van der Waals surface area contributed by atoms with Gasteiger partial charge >= 0.3 is 0 Å². The molecule has 0 spiro atoms. The van der Waals surface area contributed by atoms with Gasteiger partial charge in [-0.3, -0.25) is 9.59 Å². The van der Waals surface area contributed by atoms with E-state index in [2.05, 4.69) is 10.6 Å². The molecule has 0 bridgehead atoms. The minimum atomic E-state index is -0.668. The van der Waals surface area contributed by atoms with Crippen LogP contribution in [0, 0.1) is 0 Å². The molecule has 3 aromatic rings. The van der Waals surface area contributed by atoms with Crippen LogP contribution >= 0.6 is 23.4 Å². The van der Waals surface area contributed by atoms with Crippen LogP contribution in [0.2, 0.25) is 5.02 Å². The van der Waals surface area contributed by atoms with Crippen molar-refractivity contribution in [2.75, 3.05) is 12.0 Å². The van der Waals surface area contributed by atoms with Gasteiger partial charge in [-0.15, -0.1) is 0 Å². The molecule has 2 atom stereocenters. The maximum atomic E-state index is 12.9. The minimum absolute atomic E-state index is 0.257. The Morgan fingerprint density at radius 2 is 1.83 bits per heavy atom. The molecule has 3 rings (SSSR count). The summed E-state index contributed by atoms with van der Waals surface area (Å²) in [7, 11) is 0. The molecule has 2 N–H and O–H groups in total. The lowest BCUT2D eigenvalue weighted by Crippen LogP contribution is -2.47. The summed E-state index contributed by atoms with van der Waals surface area (Å²) in [6.07, 6.45) is 2.47. The highest BCUT2D eigenvalue weighted by molar-refractivity contribution is 7.98. The number of hydrogen-bond acceptors (Lipinski definition) is 4. The summed E-state index contributed by atoms with van der Waals surface area (Å²) < 4.78 is 5.83. The second-order valence-electron chi connectivity index (χ2n) is 6.70. The fraction of sp³-hybridized carbons (Fsp3) is 0.273. The first-order valence-corrected chi connectivity index (χ1v) is 11.1. The fourth-order valence-corrected chi connectivity index (χ4v) is 3.68. The molecule has 29 heavy (non-hydrogen) atoms. The van der Waals surface area contributed by atoms with Gasteiger partial charge in [-0.25, -0.2) is 0 Å². The van der Waals surface area contributed by atoms with Gasteiger partial charge in [0.25, 0.3) is 5.91 Å². The molecular weight excluding hydrogens is 408 g/mol. The van der Waals surface area contributed by atoms with Crippen molar-refractivity contribution in [3.05, 3.63) is 70.9 Å². The Hall–Kier alpha value is -2.44. The van der Waals surface area contributed by atoms with Crippen LogP contribution in [-0.4, -0.2) is 29.9 Å². The topological polar surface area (TPSA) is 71.3 Å². The van der Waals surface area contributed by atoms with Crippen molar-refractivity contribution in [2.24, 2.45) is 0 Å². The van der Waals surface area contributed by atoms with E-state index in [1.54, 1.807) is 36.0 Å². The average molecular weight is 431 g/mol. The lowest BCUT2D eigenvalue weighted by Gasteiger charge is -2.20. The molecule has 0 aliphatic carbocycles. The van der Waals surface area contributed by atoms with Gasteiger partial charge in [0.2, 0.25) is 5.91 Å². The van der Waals surface area contributed by atoms with Crippen molar-refractivity contribution in [1.82, 2.24) is 10.6 Å². The highest BCUT2D eigenvalue weighted by atomic mass is 35.5. The van der Waals surface area contributed by atoms with E-state index < -0.39 is 6.04 Å². The number of carbonyl (C=O) groups excluding carboxylic acids is 2. The first-order valence-electron chi connectivity index (χ1n) is 9.32. The largest absolute Gasteiger partial charge is 0.459 e. The number of nitrogens with one attached hydrogen (secondary N) is 2. The normalized spacial score (nSPS) is 13.1. The zero-order valence-electron chi connectivity index (χ0n) is 16.3. The van der Waals surface area contributed by atoms with Gasteiger partial charge in [0.1, 0.15) is 17.4 Å². The first kappa shape index (κ1) is 21.3. The van der Waals surface area contributed by atoms with Gasteiger partial charge in [-0.1, -0.05) is 41.9 Å². The zero-order chi connectivity index (χ0) is 20.8. The van der Waals surface area contributed by atoms with E-state index in [4.69, 9.17) is 16.0 Å². The summed E-state index contributed by atoms with van der Waals surface area (Å²) in [5, 5.41) is 7.09. The molecule has 1 heterocycles. The quantitative estimate of drug-likeness (QED) is 0.537. The summed E-state index contributed by atoms with van der Waals surface area (Å²) in [5.74, 6) is 0.779. The van der Waals surface area contributed by atoms with Crippen LogP contribution in [0.15, 0.2) is 59.0 Å². The maximum Gasteiger partial charge on any atom is 0.253 e. The van der Waals surface area contributed by atoms with Crippen LogP contribution in [0.5, 0.6) is 0 Å². The number of halogens is 1. The Morgan fingerprint density at radius 3 is 2.55 bits per heavy atom. The third kappa shape index (κ3) is 5.34. The van der Waals surface area contributed by atoms with Crippen molar-refractivity contribution in [3.63, 3.8) is 0 Å². The van der Waals surface area contributed by atoms with E-state index in [-0.39, 0.29) is 17.9 Å². The molecule has 2 amide bonds. The van der Waals surface area contributed by atoms with Gasteiger partial charge in [0.15, 0.2) is 0 Å². The molecule has 2 unspecified atom stereocenters. The minimum Gasteiger partial charge on any atom is -0.459 e. The number of fused-ring (bicyclic) bond motifs is 1. The number of amides is 2. The number of benzene rings is 2. The third-order valence-corrected chi connectivity index (χ3v) is 5.55. The van der Waals surface area contributed by atoms with Crippen LogP contribution in [0.1, 0.15) is 35.5 Å². The highest BCUT2D eigenvalue weighted by Crippen LogP contribution is 2.23. The summed E-state index contributed by atoms with van der Waals surface area (Å²) in [6.45, 7) is 1.86. The number of para-hydroxylation sites is 1. The van der Waals surface area contributed by atoms with Gasteiger partial charge < -0.3 is 15.1 Å². The second-order valence-corrected chi connectivity index (χ2v) is 8.10. The van der Waals surface area contributed by atoms with Crippen molar-refractivity contribution in [2.45, 2.75) is 25.4 Å². The highest BCUT2D eigenvalue weighted by Gasteiger charge is 2.24. The number of thioether (sulfide) groups is 1. The van der Waals surface area contributed by atoms with E-state index in [9.17, 15) is 9.59 Å². The monoisotopic (exact) mass is 430 g/mol.